The number of likely N-dealkylation sites (N-methyl/N-ethyl adjacent to an activating group) is 1. The molecule has 3 saturated heterocycles. The number of thioether (sulfide) groups is 1. The summed E-state index contributed by atoms with van der Waals surface area (Å²) in [5.41, 5.74) is 2.10. The molecule has 0 aliphatic carbocycles. The molecule has 4 heterocycles. The van der Waals surface area contributed by atoms with Gasteiger partial charge in [0.05, 0.1) is 17.0 Å². The minimum Gasteiger partial charge on any atom is -0.367 e. The Bertz CT molecular complexity index is 1240. The molecule has 2 aromatic rings. The fraction of sp³-hybridized carbons (Fsp3) is 0.586. The van der Waals surface area contributed by atoms with Gasteiger partial charge in [0.25, 0.3) is 5.91 Å². The van der Waals surface area contributed by atoms with Crippen LogP contribution >= 0.6 is 23.1 Å². The zero-order valence-electron chi connectivity index (χ0n) is 23.9. The molecule has 0 saturated carbocycles. The summed E-state index contributed by atoms with van der Waals surface area (Å²) in [6.45, 7) is 10.6. The maximum absolute atomic E-state index is 13.8. The van der Waals surface area contributed by atoms with Crippen molar-refractivity contribution in [2.75, 3.05) is 57.5 Å². The molecule has 40 heavy (non-hydrogen) atoms. The number of amides is 2. The average molecular weight is 586 g/mol. The van der Waals surface area contributed by atoms with Gasteiger partial charge in [-0.2, -0.15) is 11.8 Å². The van der Waals surface area contributed by atoms with E-state index in [0.717, 1.165) is 42.6 Å². The third-order valence-electron chi connectivity index (χ3n) is 7.85. The second kappa shape index (κ2) is 11.8. The van der Waals surface area contributed by atoms with Crippen LogP contribution in [0.1, 0.15) is 37.6 Å². The summed E-state index contributed by atoms with van der Waals surface area (Å²) in [7, 11) is 2.14. The monoisotopic (exact) mass is 585 g/mol. The van der Waals surface area contributed by atoms with Crippen molar-refractivity contribution in [3.63, 3.8) is 0 Å². The minimum absolute atomic E-state index is 0.0364. The number of aromatic nitrogens is 1. The maximum Gasteiger partial charge on any atom is 0.251 e. The number of ketones is 1. The quantitative estimate of drug-likeness (QED) is 0.530. The third-order valence-corrected chi connectivity index (χ3v) is 9.78. The number of carbonyl (C=O) groups is 3. The Balaban J connectivity index is 1.28. The Morgan fingerprint density at radius 2 is 1.88 bits per heavy atom. The number of anilines is 1. The lowest BCUT2D eigenvalue weighted by Gasteiger charge is -2.32. The molecule has 0 bridgehead atoms. The molecule has 3 aliphatic heterocycles. The molecule has 1 aromatic heterocycles. The van der Waals surface area contributed by atoms with Crippen molar-refractivity contribution in [1.82, 2.24) is 20.1 Å². The predicted octanol–water partition coefficient (Wildman–Crippen LogP) is 3.01. The van der Waals surface area contributed by atoms with E-state index in [1.165, 1.54) is 0 Å². The summed E-state index contributed by atoms with van der Waals surface area (Å²) >= 11 is 3.25. The average Bonchev–Trinajstić information content (AvgIpc) is 3.65. The van der Waals surface area contributed by atoms with Crippen molar-refractivity contribution >= 4 is 45.8 Å². The SMILES string of the molecule is CS[C@H]1CN(C(=O)C(CC(C)(C)C)NC(=O)c2ccc(-c3csc(N4CCN(C)CC4)n3)cc2)[C@@H]2C(=O)CO[C@H]12. The smallest absolute Gasteiger partial charge is 0.251 e. The van der Waals surface area contributed by atoms with Gasteiger partial charge < -0.3 is 24.8 Å². The first kappa shape index (κ1) is 29.0. The van der Waals surface area contributed by atoms with Gasteiger partial charge in [-0.3, -0.25) is 14.4 Å². The van der Waals surface area contributed by atoms with E-state index in [-0.39, 0.29) is 41.0 Å². The van der Waals surface area contributed by atoms with Crippen molar-refractivity contribution in [2.24, 2.45) is 5.41 Å². The van der Waals surface area contributed by atoms with E-state index in [0.29, 0.717) is 18.5 Å². The van der Waals surface area contributed by atoms with Gasteiger partial charge in [0.1, 0.15) is 18.7 Å². The number of carbonyl (C=O) groups excluding carboxylic acids is 3. The highest BCUT2D eigenvalue weighted by Crippen LogP contribution is 2.35. The van der Waals surface area contributed by atoms with E-state index in [2.05, 4.69) is 27.5 Å². The topological polar surface area (TPSA) is 95.1 Å². The lowest BCUT2D eigenvalue weighted by molar-refractivity contribution is -0.138. The van der Waals surface area contributed by atoms with Crippen LogP contribution in [-0.4, -0.2) is 108 Å². The summed E-state index contributed by atoms with van der Waals surface area (Å²) in [6, 6.07) is 6.05. The number of Topliss-reactive ketones (excluding diaryl/α,β-unsaturated/α-hetero) is 1. The Morgan fingerprint density at radius 3 is 2.52 bits per heavy atom. The maximum atomic E-state index is 13.8. The molecule has 5 rings (SSSR count). The Hall–Kier alpha value is -2.47. The number of ether oxygens (including phenoxy) is 1. The van der Waals surface area contributed by atoms with E-state index in [1.54, 1.807) is 40.1 Å². The second-order valence-corrected chi connectivity index (χ2v) is 14.0. The molecule has 11 heteroatoms. The van der Waals surface area contributed by atoms with Crippen LogP contribution in [0, 0.1) is 5.41 Å². The van der Waals surface area contributed by atoms with Crippen LogP contribution in [0.5, 0.6) is 0 Å². The number of hydrogen-bond donors (Lipinski definition) is 1. The molecule has 1 N–H and O–H groups in total. The predicted molar refractivity (Wildman–Crippen MR) is 160 cm³/mol. The highest BCUT2D eigenvalue weighted by molar-refractivity contribution is 7.99. The van der Waals surface area contributed by atoms with Gasteiger partial charge >= 0.3 is 0 Å². The van der Waals surface area contributed by atoms with Gasteiger partial charge in [-0.1, -0.05) is 32.9 Å². The van der Waals surface area contributed by atoms with Gasteiger partial charge in [-0.15, -0.1) is 11.3 Å². The number of thiazole rings is 1. The van der Waals surface area contributed by atoms with Gasteiger partial charge in [-0.05, 0) is 37.3 Å². The molecular formula is C29H39N5O4S2. The third kappa shape index (κ3) is 6.22. The molecule has 0 spiro atoms. The van der Waals surface area contributed by atoms with Crippen molar-refractivity contribution in [3.05, 3.63) is 35.2 Å². The fourth-order valence-corrected chi connectivity index (χ4v) is 7.33. The molecular weight excluding hydrogens is 546 g/mol. The lowest BCUT2D eigenvalue weighted by atomic mass is 9.87. The Labute approximate surface area is 244 Å². The standard InChI is InChI=1S/C29H39N5O4S2/c1-29(2,3)14-20(27(37)34-15-23(39-5)25-24(34)22(35)16-38-25)30-26(36)19-8-6-18(7-9-19)21-17-40-28(31-21)33-12-10-32(4)11-13-33/h6-9,17,20,23-25H,10-16H2,1-5H3,(H,30,36)/t20?,23-,24+,25+/m0/s1. The van der Waals surface area contributed by atoms with Crippen molar-refractivity contribution < 1.29 is 19.1 Å². The van der Waals surface area contributed by atoms with Gasteiger partial charge in [0.15, 0.2) is 10.9 Å². The Morgan fingerprint density at radius 1 is 1.18 bits per heavy atom. The van der Waals surface area contributed by atoms with Crippen molar-refractivity contribution in [2.45, 2.75) is 50.6 Å². The van der Waals surface area contributed by atoms with E-state index in [1.807, 2.05) is 39.2 Å². The molecule has 9 nitrogen and oxygen atoms in total. The molecule has 1 aromatic carbocycles. The van der Waals surface area contributed by atoms with Crippen LogP contribution in [0.15, 0.2) is 29.6 Å². The van der Waals surface area contributed by atoms with E-state index in [4.69, 9.17) is 9.72 Å². The van der Waals surface area contributed by atoms with E-state index >= 15 is 0 Å². The van der Waals surface area contributed by atoms with Gasteiger partial charge in [0, 0.05) is 49.2 Å². The highest BCUT2D eigenvalue weighted by Gasteiger charge is 2.53. The normalized spacial score (nSPS) is 24.3. The number of hydrogen-bond acceptors (Lipinski definition) is 9. The summed E-state index contributed by atoms with van der Waals surface area (Å²) in [5.74, 6) is -0.593. The number of piperazine rings is 1. The van der Waals surface area contributed by atoms with Gasteiger partial charge in [0.2, 0.25) is 5.91 Å². The van der Waals surface area contributed by atoms with Crippen molar-refractivity contribution in [1.29, 1.82) is 0 Å². The molecule has 3 aliphatic rings. The van der Waals surface area contributed by atoms with Crippen LogP contribution < -0.4 is 10.2 Å². The number of rotatable bonds is 7. The minimum atomic E-state index is -0.744. The molecule has 1 unspecified atom stereocenters. The van der Waals surface area contributed by atoms with Gasteiger partial charge in [-0.25, -0.2) is 4.98 Å². The Kier molecular flexibility index (Phi) is 8.56. The molecule has 0 radical (unpaired) electrons. The van der Waals surface area contributed by atoms with Crippen LogP contribution in [0.4, 0.5) is 5.13 Å². The lowest BCUT2D eigenvalue weighted by Crippen LogP contribution is -2.53. The number of nitrogens with zero attached hydrogens (tertiary/aromatic N) is 4. The first-order chi connectivity index (χ1) is 19.0. The summed E-state index contributed by atoms with van der Waals surface area (Å²) in [5, 5.41) is 6.11. The number of likely N-dealkylation sites (tertiary alicyclic amines) is 1. The zero-order valence-corrected chi connectivity index (χ0v) is 25.5. The number of benzene rings is 1. The van der Waals surface area contributed by atoms with Crippen molar-refractivity contribution in [3.8, 4) is 11.3 Å². The molecule has 2 amide bonds. The fourth-order valence-electron chi connectivity index (χ4n) is 5.63. The first-order valence-corrected chi connectivity index (χ1v) is 16.0. The highest BCUT2D eigenvalue weighted by atomic mass is 32.2. The molecule has 3 fully saturated rings. The van der Waals surface area contributed by atoms with Crippen LogP contribution in [0.3, 0.4) is 0 Å². The number of fused-ring (bicyclic) bond motifs is 1. The molecule has 4 atom stereocenters. The summed E-state index contributed by atoms with van der Waals surface area (Å²) in [6.07, 6.45) is 2.14. The molecule has 216 valence electrons. The largest absolute Gasteiger partial charge is 0.367 e. The first-order valence-electron chi connectivity index (χ1n) is 13.8. The summed E-state index contributed by atoms with van der Waals surface area (Å²) < 4.78 is 5.73. The second-order valence-electron chi connectivity index (χ2n) is 12.1. The van der Waals surface area contributed by atoms with E-state index < -0.39 is 12.1 Å². The van der Waals surface area contributed by atoms with Crippen LogP contribution in [0.2, 0.25) is 0 Å². The van der Waals surface area contributed by atoms with Crippen LogP contribution in [-0.2, 0) is 14.3 Å². The van der Waals surface area contributed by atoms with E-state index in [9.17, 15) is 14.4 Å². The van der Waals surface area contributed by atoms with Crippen LogP contribution in [0.25, 0.3) is 11.3 Å². The number of nitrogens with one attached hydrogen (secondary N) is 1. The summed E-state index contributed by atoms with van der Waals surface area (Å²) in [4.78, 5) is 50.9. The zero-order chi connectivity index (χ0) is 28.6.